The Hall–Kier alpha value is -1.35. The first-order valence-corrected chi connectivity index (χ1v) is 7.33. The Bertz CT molecular complexity index is 582. The molecule has 1 heterocycles. The molecule has 3 rings (SSSR count). The SMILES string of the molecule is OC(CN1CCc2ccccc2C1)c1ccc(Cl)cc1. The molecular formula is C17H18ClNO. The van der Waals surface area contributed by atoms with Gasteiger partial charge in [0.15, 0.2) is 0 Å². The molecule has 3 heteroatoms. The number of halogens is 1. The monoisotopic (exact) mass is 287 g/mol. The van der Waals surface area contributed by atoms with E-state index in [1.54, 1.807) is 0 Å². The van der Waals surface area contributed by atoms with Gasteiger partial charge in [-0.3, -0.25) is 4.90 Å². The minimum Gasteiger partial charge on any atom is -0.387 e. The van der Waals surface area contributed by atoms with Crippen molar-refractivity contribution in [3.63, 3.8) is 0 Å². The molecule has 0 saturated carbocycles. The molecule has 2 aromatic carbocycles. The third-order valence-electron chi connectivity index (χ3n) is 3.90. The summed E-state index contributed by atoms with van der Waals surface area (Å²) in [5.41, 5.74) is 3.74. The number of fused-ring (bicyclic) bond motifs is 1. The highest BCUT2D eigenvalue weighted by Crippen LogP contribution is 2.22. The molecule has 1 N–H and O–H groups in total. The first kappa shape index (κ1) is 13.6. The summed E-state index contributed by atoms with van der Waals surface area (Å²) < 4.78 is 0. The van der Waals surface area contributed by atoms with E-state index in [9.17, 15) is 5.11 Å². The zero-order valence-electron chi connectivity index (χ0n) is 11.3. The van der Waals surface area contributed by atoms with E-state index in [-0.39, 0.29) is 0 Å². The number of hydrogen-bond acceptors (Lipinski definition) is 2. The van der Waals surface area contributed by atoms with Crippen LogP contribution in [-0.4, -0.2) is 23.1 Å². The smallest absolute Gasteiger partial charge is 0.0917 e. The summed E-state index contributed by atoms with van der Waals surface area (Å²) in [6.07, 6.45) is 0.598. The fourth-order valence-corrected chi connectivity index (χ4v) is 2.87. The first-order valence-electron chi connectivity index (χ1n) is 6.95. The summed E-state index contributed by atoms with van der Waals surface area (Å²) in [6, 6.07) is 16.0. The minimum atomic E-state index is -0.461. The lowest BCUT2D eigenvalue weighted by molar-refractivity contribution is 0.106. The zero-order chi connectivity index (χ0) is 13.9. The summed E-state index contributed by atoms with van der Waals surface area (Å²) in [5, 5.41) is 11.0. The second kappa shape index (κ2) is 5.96. The van der Waals surface area contributed by atoms with E-state index in [1.165, 1.54) is 11.1 Å². The van der Waals surface area contributed by atoms with Gasteiger partial charge in [-0.2, -0.15) is 0 Å². The Balaban J connectivity index is 1.66. The van der Waals surface area contributed by atoms with Crippen molar-refractivity contribution >= 4 is 11.6 Å². The van der Waals surface area contributed by atoms with Crippen molar-refractivity contribution in [1.82, 2.24) is 4.90 Å². The van der Waals surface area contributed by atoms with Gasteiger partial charge in [-0.25, -0.2) is 0 Å². The predicted molar refractivity (Wildman–Crippen MR) is 81.8 cm³/mol. The molecule has 0 bridgehead atoms. The molecule has 0 radical (unpaired) electrons. The number of rotatable bonds is 3. The number of hydrogen-bond donors (Lipinski definition) is 1. The Labute approximate surface area is 124 Å². The largest absolute Gasteiger partial charge is 0.387 e. The molecule has 0 aromatic heterocycles. The molecule has 2 aromatic rings. The second-order valence-corrected chi connectivity index (χ2v) is 5.76. The lowest BCUT2D eigenvalue weighted by Crippen LogP contribution is -2.33. The van der Waals surface area contributed by atoms with Crippen molar-refractivity contribution < 1.29 is 5.11 Å². The summed E-state index contributed by atoms with van der Waals surface area (Å²) in [5.74, 6) is 0. The number of aliphatic hydroxyl groups excluding tert-OH is 1. The summed E-state index contributed by atoms with van der Waals surface area (Å²) in [4.78, 5) is 2.31. The van der Waals surface area contributed by atoms with Gasteiger partial charge in [0.05, 0.1) is 6.10 Å². The highest BCUT2D eigenvalue weighted by Gasteiger charge is 2.19. The highest BCUT2D eigenvalue weighted by atomic mass is 35.5. The van der Waals surface area contributed by atoms with Gasteiger partial charge in [-0.1, -0.05) is 48.0 Å². The molecule has 1 unspecified atom stereocenters. The molecule has 0 spiro atoms. The molecule has 0 aliphatic carbocycles. The lowest BCUT2D eigenvalue weighted by atomic mass is 9.99. The summed E-state index contributed by atoms with van der Waals surface area (Å²) in [6.45, 7) is 2.58. The van der Waals surface area contributed by atoms with Gasteiger partial charge < -0.3 is 5.11 Å². The molecule has 2 nitrogen and oxygen atoms in total. The van der Waals surface area contributed by atoms with Crippen LogP contribution in [0.1, 0.15) is 22.8 Å². The van der Waals surface area contributed by atoms with Crippen LogP contribution in [0.2, 0.25) is 5.02 Å². The average Bonchev–Trinajstić information content (AvgIpc) is 2.48. The third kappa shape index (κ3) is 3.04. The van der Waals surface area contributed by atoms with E-state index in [0.29, 0.717) is 11.6 Å². The maximum atomic E-state index is 10.3. The minimum absolute atomic E-state index is 0.461. The Morgan fingerprint density at radius 2 is 1.75 bits per heavy atom. The molecule has 104 valence electrons. The van der Waals surface area contributed by atoms with Crippen LogP contribution < -0.4 is 0 Å². The lowest BCUT2D eigenvalue weighted by Gasteiger charge is -2.30. The topological polar surface area (TPSA) is 23.5 Å². The van der Waals surface area contributed by atoms with E-state index in [2.05, 4.69) is 29.2 Å². The predicted octanol–water partition coefficient (Wildman–Crippen LogP) is 3.43. The maximum absolute atomic E-state index is 10.3. The van der Waals surface area contributed by atoms with Gasteiger partial charge >= 0.3 is 0 Å². The molecule has 20 heavy (non-hydrogen) atoms. The van der Waals surface area contributed by atoms with Crippen LogP contribution in [0.5, 0.6) is 0 Å². The van der Waals surface area contributed by atoms with Crippen LogP contribution in [0.15, 0.2) is 48.5 Å². The van der Waals surface area contributed by atoms with Crippen LogP contribution >= 0.6 is 11.6 Å². The fraction of sp³-hybridized carbons (Fsp3) is 0.294. The van der Waals surface area contributed by atoms with Gasteiger partial charge in [0.2, 0.25) is 0 Å². The Kier molecular flexibility index (Phi) is 4.06. The molecule has 0 saturated heterocycles. The van der Waals surface area contributed by atoms with E-state index in [4.69, 9.17) is 11.6 Å². The van der Waals surface area contributed by atoms with E-state index < -0.39 is 6.10 Å². The van der Waals surface area contributed by atoms with E-state index in [0.717, 1.165) is 25.1 Å². The average molecular weight is 288 g/mol. The van der Waals surface area contributed by atoms with Crippen LogP contribution in [0.3, 0.4) is 0 Å². The van der Waals surface area contributed by atoms with Crippen LogP contribution in [0.25, 0.3) is 0 Å². The molecule has 1 aliphatic heterocycles. The standard InChI is InChI=1S/C17H18ClNO/c18-16-7-5-14(6-8-16)17(20)12-19-10-9-13-3-1-2-4-15(13)11-19/h1-8,17,20H,9-12H2. The van der Waals surface area contributed by atoms with Crippen LogP contribution in [-0.2, 0) is 13.0 Å². The number of nitrogens with zero attached hydrogens (tertiary/aromatic N) is 1. The van der Waals surface area contributed by atoms with Crippen molar-refractivity contribution in [1.29, 1.82) is 0 Å². The summed E-state index contributed by atoms with van der Waals surface area (Å²) >= 11 is 5.87. The van der Waals surface area contributed by atoms with Crippen molar-refractivity contribution in [2.75, 3.05) is 13.1 Å². The number of benzene rings is 2. The van der Waals surface area contributed by atoms with Gasteiger partial charge in [-0.15, -0.1) is 0 Å². The van der Waals surface area contributed by atoms with Crippen molar-refractivity contribution in [2.24, 2.45) is 0 Å². The third-order valence-corrected chi connectivity index (χ3v) is 4.15. The molecule has 1 atom stereocenters. The molecule has 0 amide bonds. The zero-order valence-corrected chi connectivity index (χ0v) is 12.1. The number of aliphatic hydroxyl groups is 1. The van der Waals surface area contributed by atoms with E-state index >= 15 is 0 Å². The van der Waals surface area contributed by atoms with Crippen LogP contribution in [0.4, 0.5) is 0 Å². The summed E-state index contributed by atoms with van der Waals surface area (Å²) in [7, 11) is 0. The van der Waals surface area contributed by atoms with Gasteiger partial charge in [0.1, 0.15) is 0 Å². The van der Waals surface area contributed by atoms with E-state index in [1.807, 2.05) is 24.3 Å². The molecule has 0 fully saturated rings. The van der Waals surface area contributed by atoms with Crippen molar-refractivity contribution in [3.05, 3.63) is 70.2 Å². The quantitative estimate of drug-likeness (QED) is 0.935. The fourth-order valence-electron chi connectivity index (χ4n) is 2.74. The Morgan fingerprint density at radius 3 is 2.50 bits per heavy atom. The van der Waals surface area contributed by atoms with Gasteiger partial charge in [0, 0.05) is 24.7 Å². The van der Waals surface area contributed by atoms with Gasteiger partial charge in [-0.05, 0) is 35.2 Å². The van der Waals surface area contributed by atoms with Crippen molar-refractivity contribution in [3.8, 4) is 0 Å². The van der Waals surface area contributed by atoms with Crippen molar-refractivity contribution in [2.45, 2.75) is 19.1 Å². The molecule has 1 aliphatic rings. The maximum Gasteiger partial charge on any atom is 0.0917 e. The Morgan fingerprint density at radius 1 is 1.05 bits per heavy atom. The normalized spacial score (nSPS) is 16.7. The molecular weight excluding hydrogens is 270 g/mol. The highest BCUT2D eigenvalue weighted by molar-refractivity contribution is 6.30. The number of β-amino-alcohol motifs (C(OH)–C–C–N with tert-alkyl or cyclic N) is 1. The van der Waals surface area contributed by atoms with Gasteiger partial charge in [0.25, 0.3) is 0 Å². The van der Waals surface area contributed by atoms with Crippen LogP contribution in [0, 0.1) is 0 Å². The first-order chi connectivity index (χ1) is 9.72. The second-order valence-electron chi connectivity index (χ2n) is 5.32.